The topological polar surface area (TPSA) is 38.8 Å². The molecule has 0 aromatic heterocycles. The molecule has 0 N–H and O–H groups in total. The maximum absolute atomic E-state index is 13.0. The molecule has 2 aromatic rings. The van der Waals surface area contributed by atoms with Crippen molar-refractivity contribution in [3.05, 3.63) is 63.1 Å². The summed E-state index contributed by atoms with van der Waals surface area (Å²) < 4.78 is 11.5. The third-order valence-corrected chi connectivity index (χ3v) is 5.35. The van der Waals surface area contributed by atoms with Crippen molar-refractivity contribution in [3.63, 3.8) is 0 Å². The molecule has 1 saturated heterocycles. The summed E-state index contributed by atoms with van der Waals surface area (Å²) in [7, 11) is 0. The maximum Gasteiger partial charge on any atom is 0.257 e. The average molecular weight is 378 g/mol. The number of morpholine rings is 1. The van der Waals surface area contributed by atoms with Crippen LogP contribution in [0.3, 0.4) is 0 Å². The van der Waals surface area contributed by atoms with Gasteiger partial charge in [-0.15, -0.1) is 0 Å². The van der Waals surface area contributed by atoms with Gasteiger partial charge in [-0.3, -0.25) is 4.79 Å². The molecule has 1 atom stereocenters. The third-order valence-electron chi connectivity index (χ3n) is 4.61. The molecule has 2 heterocycles. The monoisotopic (exact) mass is 377 g/mol. The van der Waals surface area contributed by atoms with E-state index in [1.54, 1.807) is 12.1 Å². The van der Waals surface area contributed by atoms with Crippen LogP contribution >= 0.6 is 23.2 Å². The zero-order valence-corrected chi connectivity index (χ0v) is 15.0. The third kappa shape index (κ3) is 3.22. The number of amides is 1. The number of fused-ring (bicyclic) bond motifs is 1. The Balaban J connectivity index is 1.56. The van der Waals surface area contributed by atoms with Crippen LogP contribution < -0.4 is 4.74 Å². The molecule has 2 aliphatic rings. The normalized spacial score (nSPS) is 19.4. The van der Waals surface area contributed by atoms with Crippen LogP contribution in [-0.4, -0.2) is 37.1 Å². The quantitative estimate of drug-likeness (QED) is 0.789. The fraction of sp³-hybridized carbons (Fsp3) is 0.316. The molecule has 1 fully saturated rings. The Kier molecular flexibility index (Phi) is 4.59. The summed E-state index contributed by atoms with van der Waals surface area (Å²) in [5, 5.41) is 0.992. The largest absolute Gasteiger partial charge is 0.492 e. The van der Waals surface area contributed by atoms with E-state index in [0.29, 0.717) is 41.9 Å². The summed E-state index contributed by atoms with van der Waals surface area (Å²) in [6, 6.07) is 11.2. The van der Waals surface area contributed by atoms with Gasteiger partial charge in [0.1, 0.15) is 11.9 Å². The van der Waals surface area contributed by atoms with Gasteiger partial charge in [0, 0.05) is 13.0 Å². The highest BCUT2D eigenvalue weighted by atomic mass is 35.5. The molecule has 6 heteroatoms. The van der Waals surface area contributed by atoms with Crippen molar-refractivity contribution in [1.29, 1.82) is 0 Å². The highest BCUT2D eigenvalue weighted by Crippen LogP contribution is 2.33. The first-order valence-electron chi connectivity index (χ1n) is 8.24. The van der Waals surface area contributed by atoms with Crippen LogP contribution in [0.15, 0.2) is 36.4 Å². The SMILES string of the molecule is O=C(c1cccc2c1OCC2)N1CCO[C@@H](c2ccc(Cl)c(Cl)c2)C1. The number of hydrogen-bond acceptors (Lipinski definition) is 3. The van der Waals surface area contributed by atoms with Gasteiger partial charge in [0.25, 0.3) is 5.91 Å². The zero-order valence-electron chi connectivity index (χ0n) is 13.5. The van der Waals surface area contributed by atoms with Crippen LogP contribution in [0.2, 0.25) is 10.0 Å². The lowest BCUT2D eigenvalue weighted by molar-refractivity contribution is -0.0229. The van der Waals surface area contributed by atoms with Gasteiger partial charge in [-0.05, 0) is 29.3 Å². The van der Waals surface area contributed by atoms with E-state index in [9.17, 15) is 4.79 Å². The van der Waals surface area contributed by atoms with Gasteiger partial charge >= 0.3 is 0 Å². The highest BCUT2D eigenvalue weighted by molar-refractivity contribution is 6.42. The number of benzene rings is 2. The van der Waals surface area contributed by atoms with Crippen molar-refractivity contribution < 1.29 is 14.3 Å². The molecular weight excluding hydrogens is 361 g/mol. The Morgan fingerprint density at radius 3 is 2.84 bits per heavy atom. The maximum atomic E-state index is 13.0. The number of nitrogens with zero attached hydrogens (tertiary/aromatic N) is 1. The van der Waals surface area contributed by atoms with E-state index in [2.05, 4.69) is 0 Å². The number of carbonyl (C=O) groups excluding carboxylic acids is 1. The zero-order chi connectivity index (χ0) is 17.4. The van der Waals surface area contributed by atoms with Crippen LogP contribution in [0.4, 0.5) is 0 Å². The van der Waals surface area contributed by atoms with Gasteiger partial charge in [-0.2, -0.15) is 0 Å². The average Bonchev–Trinajstić information content (AvgIpc) is 3.12. The molecule has 1 amide bonds. The lowest BCUT2D eigenvalue weighted by Crippen LogP contribution is -2.42. The minimum absolute atomic E-state index is 0.0212. The van der Waals surface area contributed by atoms with Crippen molar-refractivity contribution >= 4 is 29.1 Å². The minimum atomic E-state index is -0.217. The van der Waals surface area contributed by atoms with Gasteiger partial charge in [0.2, 0.25) is 0 Å². The summed E-state index contributed by atoms with van der Waals surface area (Å²) >= 11 is 12.1. The van der Waals surface area contributed by atoms with Crippen molar-refractivity contribution in [3.8, 4) is 5.75 Å². The van der Waals surface area contributed by atoms with E-state index in [1.807, 2.05) is 29.2 Å². The van der Waals surface area contributed by atoms with E-state index >= 15 is 0 Å². The van der Waals surface area contributed by atoms with Crippen molar-refractivity contribution in [2.24, 2.45) is 0 Å². The Bertz CT molecular complexity index is 824. The first-order valence-corrected chi connectivity index (χ1v) is 8.99. The van der Waals surface area contributed by atoms with Crippen molar-refractivity contribution in [2.75, 3.05) is 26.3 Å². The number of carbonyl (C=O) groups is 1. The number of halogens is 2. The molecular formula is C19H17Cl2NO3. The van der Waals surface area contributed by atoms with E-state index in [-0.39, 0.29) is 12.0 Å². The molecule has 0 saturated carbocycles. The second-order valence-electron chi connectivity index (χ2n) is 6.18. The van der Waals surface area contributed by atoms with Crippen LogP contribution in [0.5, 0.6) is 5.75 Å². The first-order chi connectivity index (χ1) is 12.1. The molecule has 0 aliphatic carbocycles. The molecule has 25 heavy (non-hydrogen) atoms. The van der Waals surface area contributed by atoms with E-state index in [4.69, 9.17) is 32.7 Å². The van der Waals surface area contributed by atoms with Crippen LogP contribution in [0.1, 0.15) is 27.6 Å². The van der Waals surface area contributed by atoms with Gasteiger partial charge < -0.3 is 14.4 Å². The summed E-state index contributed by atoms with van der Waals surface area (Å²) in [5.41, 5.74) is 2.64. The summed E-state index contributed by atoms with van der Waals surface area (Å²) in [6.45, 7) is 2.14. The fourth-order valence-corrected chi connectivity index (χ4v) is 3.61. The lowest BCUT2D eigenvalue weighted by Gasteiger charge is -2.33. The summed E-state index contributed by atoms with van der Waals surface area (Å²) in [4.78, 5) is 14.8. The Morgan fingerprint density at radius 1 is 1.12 bits per heavy atom. The molecule has 0 radical (unpaired) electrons. The minimum Gasteiger partial charge on any atom is -0.492 e. The highest BCUT2D eigenvalue weighted by Gasteiger charge is 2.29. The Hall–Kier alpha value is -1.75. The van der Waals surface area contributed by atoms with E-state index in [1.165, 1.54) is 0 Å². The lowest BCUT2D eigenvalue weighted by atomic mass is 10.0. The molecule has 0 spiro atoms. The molecule has 2 aliphatic heterocycles. The van der Waals surface area contributed by atoms with Crippen LogP contribution in [-0.2, 0) is 11.2 Å². The second kappa shape index (κ2) is 6.87. The second-order valence-corrected chi connectivity index (χ2v) is 6.99. The number of rotatable bonds is 2. The first kappa shape index (κ1) is 16.7. The van der Waals surface area contributed by atoms with Gasteiger partial charge in [-0.25, -0.2) is 0 Å². The molecule has 4 nitrogen and oxygen atoms in total. The smallest absolute Gasteiger partial charge is 0.257 e. The predicted molar refractivity (Wildman–Crippen MR) is 96.7 cm³/mol. The van der Waals surface area contributed by atoms with Crippen LogP contribution in [0.25, 0.3) is 0 Å². The Labute approximate surface area is 156 Å². The molecule has 4 rings (SSSR count). The van der Waals surface area contributed by atoms with Crippen molar-refractivity contribution in [2.45, 2.75) is 12.5 Å². The summed E-state index contributed by atoms with van der Waals surface area (Å²) in [6.07, 6.45) is 0.635. The summed E-state index contributed by atoms with van der Waals surface area (Å²) in [5.74, 6) is 0.706. The fourth-order valence-electron chi connectivity index (χ4n) is 3.30. The number of ether oxygens (including phenoxy) is 2. The number of hydrogen-bond donors (Lipinski definition) is 0. The standard InChI is InChI=1S/C19H17Cl2NO3/c20-15-5-4-13(10-16(15)21)17-11-22(7-9-24-17)19(23)14-3-1-2-12-6-8-25-18(12)14/h1-5,10,17H,6-9,11H2/t17-/m1/s1. The van der Waals surface area contributed by atoms with Gasteiger partial charge in [-0.1, -0.05) is 41.4 Å². The number of para-hydroxylation sites is 1. The molecule has 2 aromatic carbocycles. The van der Waals surface area contributed by atoms with Crippen molar-refractivity contribution in [1.82, 2.24) is 4.90 Å². The molecule has 0 bridgehead atoms. The van der Waals surface area contributed by atoms with Gasteiger partial charge in [0.05, 0.1) is 35.4 Å². The molecule has 0 unspecified atom stereocenters. The van der Waals surface area contributed by atoms with Crippen LogP contribution in [0, 0.1) is 0 Å². The predicted octanol–water partition coefficient (Wildman–Crippen LogP) is 4.14. The molecule has 130 valence electrons. The van der Waals surface area contributed by atoms with Gasteiger partial charge in [0.15, 0.2) is 0 Å². The van der Waals surface area contributed by atoms with E-state index in [0.717, 1.165) is 23.3 Å². The van der Waals surface area contributed by atoms with E-state index < -0.39 is 0 Å². The Morgan fingerprint density at radius 2 is 2.00 bits per heavy atom.